The van der Waals surface area contributed by atoms with Crippen molar-refractivity contribution in [3.63, 3.8) is 0 Å². The Morgan fingerprint density at radius 1 is 1.10 bits per heavy atom. The van der Waals surface area contributed by atoms with Crippen molar-refractivity contribution >= 4 is 33.4 Å². The number of rotatable bonds is 6. The summed E-state index contributed by atoms with van der Waals surface area (Å²) in [6.07, 6.45) is 2.83. The first-order valence-corrected chi connectivity index (χ1v) is 10.8. The van der Waals surface area contributed by atoms with E-state index < -0.39 is 17.7 Å². The van der Waals surface area contributed by atoms with Gasteiger partial charge in [0, 0.05) is 16.6 Å². The zero-order valence-electron chi connectivity index (χ0n) is 17.0. The number of likely N-dealkylation sites (tertiary alicyclic amines) is 1. The minimum Gasteiger partial charge on any atom is -0.507 e. The number of halogens is 1. The lowest BCUT2D eigenvalue weighted by molar-refractivity contribution is -0.139. The molecule has 1 heterocycles. The molecule has 1 aliphatic rings. The van der Waals surface area contributed by atoms with Gasteiger partial charge < -0.3 is 10.0 Å². The number of ketones is 1. The molecular weight excluding hydrogens is 430 g/mol. The van der Waals surface area contributed by atoms with Gasteiger partial charge in [0.25, 0.3) is 11.7 Å². The number of Topliss-reactive ketones (excluding diaryl/α,β-unsaturated/α-hetero) is 1. The molecule has 1 unspecified atom stereocenters. The molecule has 1 fully saturated rings. The average molecular weight is 456 g/mol. The second kappa shape index (κ2) is 8.95. The second-order valence-electron chi connectivity index (χ2n) is 7.58. The molecule has 0 aromatic heterocycles. The fourth-order valence-electron chi connectivity index (χ4n) is 3.78. The van der Waals surface area contributed by atoms with Crippen LogP contribution in [0.3, 0.4) is 0 Å². The normalized spacial score (nSPS) is 18.5. The van der Waals surface area contributed by atoms with Gasteiger partial charge in [0.05, 0.1) is 11.6 Å². The Kier molecular flexibility index (Phi) is 6.58. The number of hydrogen-bond acceptors (Lipinski definition) is 3. The Labute approximate surface area is 180 Å². The van der Waals surface area contributed by atoms with Gasteiger partial charge in [0.1, 0.15) is 5.76 Å². The molecular formula is C24H26BrNO3. The van der Waals surface area contributed by atoms with Crippen LogP contribution in [0, 0.1) is 13.8 Å². The van der Waals surface area contributed by atoms with Crippen LogP contribution in [0.2, 0.25) is 0 Å². The van der Waals surface area contributed by atoms with E-state index in [-0.39, 0.29) is 11.3 Å². The van der Waals surface area contributed by atoms with E-state index >= 15 is 0 Å². The molecule has 1 N–H and O–H groups in total. The second-order valence-corrected chi connectivity index (χ2v) is 8.43. The van der Waals surface area contributed by atoms with Gasteiger partial charge in [-0.25, -0.2) is 0 Å². The third-order valence-corrected chi connectivity index (χ3v) is 6.22. The first-order valence-electron chi connectivity index (χ1n) is 9.96. The smallest absolute Gasteiger partial charge is 0.295 e. The molecule has 0 bridgehead atoms. The van der Waals surface area contributed by atoms with Crippen LogP contribution in [0.4, 0.5) is 0 Å². The van der Waals surface area contributed by atoms with Gasteiger partial charge in [-0.2, -0.15) is 0 Å². The molecule has 29 heavy (non-hydrogen) atoms. The summed E-state index contributed by atoms with van der Waals surface area (Å²) in [7, 11) is 0. The molecule has 1 atom stereocenters. The van der Waals surface area contributed by atoms with Gasteiger partial charge >= 0.3 is 0 Å². The lowest BCUT2D eigenvalue weighted by atomic mass is 9.94. The maximum atomic E-state index is 13.0. The monoisotopic (exact) mass is 455 g/mol. The SMILES string of the molecule is CCCCCN1C(=O)C(=O)/C(=C(\O)c2ccc(Br)c(C)c2)C1c1cccc(C)c1. The number of carbonyl (C=O) groups is 2. The summed E-state index contributed by atoms with van der Waals surface area (Å²) in [4.78, 5) is 27.4. The molecule has 0 radical (unpaired) electrons. The van der Waals surface area contributed by atoms with Crippen molar-refractivity contribution in [3.8, 4) is 0 Å². The van der Waals surface area contributed by atoms with Gasteiger partial charge in [-0.1, -0.05) is 71.6 Å². The predicted molar refractivity (Wildman–Crippen MR) is 119 cm³/mol. The quantitative estimate of drug-likeness (QED) is 0.264. The van der Waals surface area contributed by atoms with Crippen molar-refractivity contribution < 1.29 is 14.7 Å². The Morgan fingerprint density at radius 2 is 1.86 bits per heavy atom. The van der Waals surface area contributed by atoms with Crippen LogP contribution in [0.5, 0.6) is 0 Å². The van der Waals surface area contributed by atoms with Gasteiger partial charge in [0.2, 0.25) is 0 Å². The lowest BCUT2D eigenvalue weighted by Crippen LogP contribution is -2.30. The fourth-order valence-corrected chi connectivity index (χ4v) is 4.02. The Balaban J connectivity index is 2.14. The summed E-state index contributed by atoms with van der Waals surface area (Å²) < 4.78 is 0.921. The highest BCUT2D eigenvalue weighted by molar-refractivity contribution is 9.10. The largest absolute Gasteiger partial charge is 0.507 e. The van der Waals surface area contributed by atoms with Crippen molar-refractivity contribution in [2.75, 3.05) is 6.54 Å². The summed E-state index contributed by atoms with van der Waals surface area (Å²) in [5.74, 6) is -1.28. The number of unbranched alkanes of at least 4 members (excludes halogenated alkanes) is 2. The predicted octanol–water partition coefficient (Wildman–Crippen LogP) is 5.68. The third-order valence-electron chi connectivity index (χ3n) is 5.33. The number of benzene rings is 2. The first kappa shape index (κ1) is 21.3. The van der Waals surface area contributed by atoms with E-state index in [1.807, 2.05) is 50.2 Å². The topological polar surface area (TPSA) is 57.6 Å². The molecule has 3 rings (SSSR count). The lowest BCUT2D eigenvalue weighted by Gasteiger charge is -2.25. The molecule has 2 aromatic rings. The van der Waals surface area contributed by atoms with E-state index in [1.54, 1.807) is 11.0 Å². The molecule has 4 nitrogen and oxygen atoms in total. The van der Waals surface area contributed by atoms with Crippen LogP contribution in [-0.2, 0) is 9.59 Å². The molecule has 0 aliphatic carbocycles. The maximum Gasteiger partial charge on any atom is 0.295 e. The molecule has 1 aliphatic heterocycles. The molecule has 1 saturated heterocycles. The van der Waals surface area contributed by atoms with E-state index in [4.69, 9.17) is 0 Å². The molecule has 2 aromatic carbocycles. The summed E-state index contributed by atoms with van der Waals surface area (Å²) in [5, 5.41) is 11.1. The van der Waals surface area contributed by atoms with Gasteiger partial charge in [0.15, 0.2) is 0 Å². The minimum atomic E-state index is -0.619. The van der Waals surface area contributed by atoms with Gasteiger partial charge in [-0.15, -0.1) is 0 Å². The third kappa shape index (κ3) is 4.30. The number of carbonyl (C=O) groups excluding carboxylic acids is 2. The van der Waals surface area contributed by atoms with Crippen LogP contribution in [0.15, 0.2) is 52.5 Å². The van der Waals surface area contributed by atoms with E-state index in [2.05, 4.69) is 22.9 Å². The van der Waals surface area contributed by atoms with Crippen molar-refractivity contribution in [1.29, 1.82) is 0 Å². The maximum absolute atomic E-state index is 13.0. The minimum absolute atomic E-state index is 0.122. The molecule has 1 amide bonds. The Hall–Kier alpha value is -2.40. The highest BCUT2D eigenvalue weighted by Gasteiger charge is 2.45. The van der Waals surface area contributed by atoms with Gasteiger partial charge in [-0.05, 0) is 43.5 Å². The van der Waals surface area contributed by atoms with Crippen molar-refractivity contribution in [1.82, 2.24) is 4.90 Å². The van der Waals surface area contributed by atoms with E-state index in [1.165, 1.54) is 0 Å². The highest BCUT2D eigenvalue weighted by atomic mass is 79.9. The zero-order valence-corrected chi connectivity index (χ0v) is 18.6. The van der Waals surface area contributed by atoms with Gasteiger partial charge in [-0.3, -0.25) is 9.59 Å². The van der Waals surface area contributed by atoms with E-state index in [0.717, 1.165) is 40.4 Å². The molecule has 0 saturated carbocycles. The number of aryl methyl sites for hydroxylation is 2. The van der Waals surface area contributed by atoms with Crippen LogP contribution < -0.4 is 0 Å². The average Bonchev–Trinajstić information content (AvgIpc) is 2.94. The zero-order chi connectivity index (χ0) is 21.1. The van der Waals surface area contributed by atoms with Crippen molar-refractivity contribution in [2.45, 2.75) is 46.1 Å². The number of aliphatic hydroxyl groups excluding tert-OH is 1. The van der Waals surface area contributed by atoms with Crippen LogP contribution in [-0.4, -0.2) is 28.2 Å². The van der Waals surface area contributed by atoms with Crippen LogP contribution >= 0.6 is 15.9 Å². The Bertz CT molecular complexity index is 980. The van der Waals surface area contributed by atoms with E-state index in [0.29, 0.717) is 12.1 Å². The number of aliphatic hydroxyl groups is 1. The first-order chi connectivity index (χ1) is 13.8. The van der Waals surface area contributed by atoms with Crippen LogP contribution in [0.25, 0.3) is 5.76 Å². The standard InChI is InChI=1S/C24H26BrNO3/c1-4-5-6-12-26-21(17-9-7-8-15(2)13-17)20(23(28)24(26)29)22(27)18-10-11-19(25)16(3)14-18/h7-11,13-14,21,27H,4-6,12H2,1-3H3/b22-20-. The molecule has 5 heteroatoms. The van der Waals surface area contributed by atoms with E-state index in [9.17, 15) is 14.7 Å². The summed E-state index contributed by atoms with van der Waals surface area (Å²) in [6.45, 7) is 6.49. The molecule has 0 spiro atoms. The summed E-state index contributed by atoms with van der Waals surface area (Å²) >= 11 is 3.46. The van der Waals surface area contributed by atoms with Crippen molar-refractivity contribution in [3.05, 3.63) is 74.8 Å². The highest BCUT2D eigenvalue weighted by Crippen LogP contribution is 2.40. The number of hydrogen-bond donors (Lipinski definition) is 1. The number of nitrogens with zero attached hydrogens (tertiary/aromatic N) is 1. The number of amides is 1. The van der Waals surface area contributed by atoms with Crippen LogP contribution in [0.1, 0.15) is 54.5 Å². The molecule has 152 valence electrons. The fraction of sp³-hybridized carbons (Fsp3) is 0.333. The summed E-state index contributed by atoms with van der Waals surface area (Å²) in [5.41, 5.74) is 3.53. The Morgan fingerprint density at radius 3 is 2.52 bits per heavy atom. The summed E-state index contributed by atoms with van der Waals surface area (Å²) in [6, 6.07) is 12.6. The van der Waals surface area contributed by atoms with Crippen molar-refractivity contribution in [2.24, 2.45) is 0 Å².